The summed E-state index contributed by atoms with van der Waals surface area (Å²) < 4.78 is 5.19. The van der Waals surface area contributed by atoms with Crippen molar-refractivity contribution in [3.63, 3.8) is 0 Å². The molecule has 2 rings (SSSR count). The van der Waals surface area contributed by atoms with Gasteiger partial charge in [-0.25, -0.2) is 0 Å². The number of aliphatic hydroxyl groups excluding tert-OH is 1. The number of nitrogens with zero attached hydrogens (tertiary/aromatic N) is 1. The Morgan fingerprint density at radius 3 is 3.09 bits per heavy atom. The summed E-state index contributed by atoms with van der Waals surface area (Å²) in [7, 11) is 1.52. The molecule has 0 radical (unpaired) electrons. The topological polar surface area (TPSA) is 61.8 Å². The Labute approximate surface area is 136 Å². The quantitative estimate of drug-likeness (QED) is 0.836. The van der Waals surface area contributed by atoms with Crippen molar-refractivity contribution >= 4 is 17.5 Å². The third-order valence-corrected chi connectivity index (χ3v) is 4.22. The number of carbonyl (C=O) groups is 1. The molecule has 0 aliphatic carbocycles. The standard InChI is InChI=1S/C16H23ClN2O3/c1-22-15-9-13(17)4-5-14(15)16(21)18-6-8-19-7-2-3-12(10-19)11-20/h4-5,9,12,20H,2-3,6-8,10-11H2,1H3,(H,18,21)/t12-/m1/s1. The number of hydrogen-bond donors (Lipinski definition) is 2. The number of amides is 1. The minimum absolute atomic E-state index is 0.163. The lowest BCUT2D eigenvalue weighted by Crippen LogP contribution is -2.41. The number of methoxy groups -OCH3 is 1. The minimum Gasteiger partial charge on any atom is -0.496 e. The third kappa shape index (κ3) is 4.60. The van der Waals surface area contributed by atoms with Gasteiger partial charge in [0.2, 0.25) is 0 Å². The number of piperidine rings is 1. The molecule has 22 heavy (non-hydrogen) atoms. The Morgan fingerprint density at radius 2 is 2.36 bits per heavy atom. The molecule has 0 unspecified atom stereocenters. The second kappa shape index (κ2) is 8.36. The summed E-state index contributed by atoms with van der Waals surface area (Å²) in [6.07, 6.45) is 2.19. The van der Waals surface area contributed by atoms with Crippen LogP contribution in [0.15, 0.2) is 18.2 Å². The summed E-state index contributed by atoms with van der Waals surface area (Å²) in [5.41, 5.74) is 0.485. The lowest BCUT2D eigenvalue weighted by molar-refractivity contribution is 0.0928. The van der Waals surface area contributed by atoms with Crippen molar-refractivity contribution < 1.29 is 14.6 Å². The van der Waals surface area contributed by atoms with Gasteiger partial charge < -0.3 is 20.1 Å². The van der Waals surface area contributed by atoms with E-state index < -0.39 is 0 Å². The molecular formula is C16H23ClN2O3. The van der Waals surface area contributed by atoms with Gasteiger partial charge in [0.05, 0.1) is 12.7 Å². The third-order valence-electron chi connectivity index (χ3n) is 3.98. The van der Waals surface area contributed by atoms with Crippen LogP contribution in [0.3, 0.4) is 0 Å². The monoisotopic (exact) mass is 326 g/mol. The second-order valence-electron chi connectivity index (χ2n) is 5.59. The van der Waals surface area contributed by atoms with Gasteiger partial charge in [-0.2, -0.15) is 0 Å². The molecule has 1 aliphatic rings. The van der Waals surface area contributed by atoms with Gasteiger partial charge >= 0.3 is 0 Å². The highest BCUT2D eigenvalue weighted by molar-refractivity contribution is 6.30. The first kappa shape index (κ1) is 17.1. The number of nitrogens with one attached hydrogen (secondary N) is 1. The van der Waals surface area contributed by atoms with E-state index in [1.54, 1.807) is 18.2 Å². The maximum atomic E-state index is 12.2. The van der Waals surface area contributed by atoms with E-state index in [9.17, 15) is 9.90 Å². The zero-order chi connectivity index (χ0) is 15.9. The molecule has 1 atom stereocenters. The van der Waals surface area contributed by atoms with E-state index in [0.717, 1.165) is 32.5 Å². The Kier molecular flexibility index (Phi) is 6.49. The normalized spacial score (nSPS) is 19.0. The maximum Gasteiger partial charge on any atom is 0.255 e. The van der Waals surface area contributed by atoms with Crippen LogP contribution in [-0.2, 0) is 0 Å². The Morgan fingerprint density at radius 1 is 1.55 bits per heavy atom. The summed E-state index contributed by atoms with van der Waals surface area (Å²) in [5.74, 6) is 0.674. The highest BCUT2D eigenvalue weighted by Gasteiger charge is 2.19. The summed E-state index contributed by atoms with van der Waals surface area (Å²) in [5, 5.41) is 12.7. The molecule has 0 aromatic heterocycles. The molecule has 1 amide bonds. The first-order chi connectivity index (χ1) is 10.6. The largest absolute Gasteiger partial charge is 0.496 e. The summed E-state index contributed by atoms with van der Waals surface area (Å²) in [4.78, 5) is 14.5. The molecule has 1 fully saturated rings. The zero-order valence-electron chi connectivity index (χ0n) is 12.8. The number of benzene rings is 1. The first-order valence-electron chi connectivity index (χ1n) is 7.59. The maximum absolute atomic E-state index is 12.2. The number of hydrogen-bond acceptors (Lipinski definition) is 4. The van der Waals surface area contributed by atoms with Gasteiger partial charge in [-0.1, -0.05) is 11.6 Å². The summed E-state index contributed by atoms with van der Waals surface area (Å²) >= 11 is 5.89. The Bertz CT molecular complexity index is 510. The van der Waals surface area contributed by atoms with Crippen molar-refractivity contribution in [1.29, 1.82) is 0 Å². The first-order valence-corrected chi connectivity index (χ1v) is 7.96. The fourth-order valence-corrected chi connectivity index (χ4v) is 2.94. The van der Waals surface area contributed by atoms with Gasteiger partial charge in [-0.15, -0.1) is 0 Å². The highest BCUT2D eigenvalue weighted by atomic mass is 35.5. The van der Waals surface area contributed by atoms with Crippen molar-refractivity contribution in [2.45, 2.75) is 12.8 Å². The van der Waals surface area contributed by atoms with Gasteiger partial charge in [-0.05, 0) is 43.5 Å². The molecule has 122 valence electrons. The van der Waals surface area contributed by atoms with Crippen molar-refractivity contribution in [3.8, 4) is 5.75 Å². The molecule has 1 aromatic carbocycles. The fraction of sp³-hybridized carbons (Fsp3) is 0.562. The van der Waals surface area contributed by atoms with E-state index in [2.05, 4.69) is 10.2 Å². The predicted octanol–water partition coefficient (Wildman–Crippen LogP) is 1.78. The van der Waals surface area contributed by atoms with E-state index in [-0.39, 0.29) is 12.5 Å². The number of rotatable bonds is 6. The summed E-state index contributed by atoms with van der Waals surface area (Å²) in [6, 6.07) is 4.97. The van der Waals surface area contributed by atoms with E-state index in [1.165, 1.54) is 7.11 Å². The molecule has 1 saturated heterocycles. The molecule has 0 bridgehead atoms. The van der Waals surface area contributed by atoms with Gasteiger partial charge in [0.1, 0.15) is 5.75 Å². The summed E-state index contributed by atoms with van der Waals surface area (Å²) in [6.45, 7) is 3.53. The van der Waals surface area contributed by atoms with E-state index in [0.29, 0.717) is 28.8 Å². The van der Waals surface area contributed by atoms with Crippen molar-refractivity contribution in [2.75, 3.05) is 39.9 Å². The zero-order valence-corrected chi connectivity index (χ0v) is 13.6. The highest BCUT2D eigenvalue weighted by Crippen LogP contribution is 2.23. The molecule has 0 spiro atoms. The van der Waals surface area contributed by atoms with E-state index in [4.69, 9.17) is 16.3 Å². The van der Waals surface area contributed by atoms with Crippen molar-refractivity contribution in [2.24, 2.45) is 5.92 Å². The van der Waals surface area contributed by atoms with E-state index in [1.807, 2.05) is 0 Å². The number of halogens is 1. The van der Waals surface area contributed by atoms with Crippen LogP contribution in [0.1, 0.15) is 23.2 Å². The lowest BCUT2D eigenvalue weighted by atomic mass is 9.99. The van der Waals surface area contributed by atoms with Crippen LogP contribution < -0.4 is 10.1 Å². The van der Waals surface area contributed by atoms with Crippen LogP contribution in [0.5, 0.6) is 5.75 Å². The molecule has 5 nitrogen and oxygen atoms in total. The molecule has 2 N–H and O–H groups in total. The molecule has 1 aliphatic heterocycles. The Hall–Kier alpha value is -1.30. The average Bonchev–Trinajstić information content (AvgIpc) is 2.54. The predicted molar refractivity (Wildman–Crippen MR) is 86.6 cm³/mol. The second-order valence-corrected chi connectivity index (χ2v) is 6.03. The number of likely N-dealkylation sites (tertiary alicyclic amines) is 1. The Balaban J connectivity index is 1.83. The van der Waals surface area contributed by atoms with Crippen LogP contribution in [0.4, 0.5) is 0 Å². The van der Waals surface area contributed by atoms with E-state index >= 15 is 0 Å². The molecule has 6 heteroatoms. The van der Waals surface area contributed by atoms with Gasteiger partial charge in [0.25, 0.3) is 5.91 Å². The average molecular weight is 327 g/mol. The van der Waals surface area contributed by atoms with Crippen LogP contribution in [0.2, 0.25) is 5.02 Å². The van der Waals surface area contributed by atoms with Gasteiger partial charge in [0, 0.05) is 31.3 Å². The van der Waals surface area contributed by atoms with Crippen LogP contribution in [0, 0.1) is 5.92 Å². The van der Waals surface area contributed by atoms with Crippen LogP contribution in [0.25, 0.3) is 0 Å². The molecule has 0 saturated carbocycles. The minimum atomic E-state index is -0.163. The number of aliphatic hydroxyl groups is 1. The van der Waals surface area contributed by atoms with Crippen molar-refractivity contribution in [3.05, 3.63) is 28.8 Å². The molecular weight excluding hydrogens is 304 g/mol. The SMILES string of the molecule is COc1cc(Cl)ccc1C(=O)NCCN1CCC[C@@H](CO)C1. The molecule has 1 heterocycles. The number of carbonyl (C=O) groups excluding carboxylic acids is 1. The van der Waals surface area contributed by atoms with Crippen LogP contribution in [-0.4, -0.2) is 55.8 Å². The number of ether oxygens (including phenoxy) is 1. The van der Waals surface area contributed by atoms with Gasteiger partial charge in [0.15, 0.2) is 0 Å². The van der Waals surface area contributed by atoms with Crippen molar-refractivity contribution in [1.82, 2.24) is 10.2 Å². The molecule has 1 aromatic rings. The fourth-order valence-electron chi connectivity index (χ4n) is 2.78. The smallest absolute Gasteiger partial charge is 0.255 e. The lowest BCUT2D eigenvalue weighted by Gasteiger charge is -2.31. The van der Waals surface area contributed by atoms with Gasteiger partial charge in [-0.3, -0.25) is 4.79 Å². The van der Waals surface area contributed by atoms with Crippen LogP contribution >= 0.6 is 11.6 Å².